The molecule has 0 aromatic heterocycles. The number of carbonyl (C=O) groups is 1. The molecule has 2 N–H and O–H groups in total. The molecule has 25 heavy (non-hydrogen) atoms. The third-order valence-electron chi connectivity index (χ3n) is 3.49. The van der Waals surface area contributed by atoms with E-state index in [2.05, 4.69) is 79.2 Å². The van der Waals surface area contributed by atoms with E-state index in [1.54, 1.807) is 13.0 Å². The van der Waals surface area contributed by atoms with Crippen molar-refractivity contribution >= 4 is 27.5 Å². The molecular formula is C20H38N2OS2. The average molecular weight is 387 g/mol. The van der Waals surface area contributed by atoms with Crippen molar-refractivity contribution in [2.45, 2.75) is 95.7 Å². The van der Waals surface area contributed by atoms with Crippen LogP contribution < -0.4 is 10.6 Å². The molecule has 0 aliphatic heterocycles. The molecule has 146 valence electrons. The van der Waals surface area contributed by atoms with Crippen molar-refractivity contribution in [2.24, 2.45) is 0 Å². The molecule has 0 heterocycles. The van der Waals surface area contributed by atoms with Gasteiger partial charge in [-0.25, -0.2) is 0 Å². The number of amides is 1. The fourth-order valence-corrected chi connectivity index (χ4v) is 6.46. The zero-order chi connectivity index (χ0) is 20.1. The second kappa shape index (κ2) is 8.90. The van der Waals surface area contributed by atoms with Crippen LogP contribution in [0.4, 0.5) is 0 Å². The SMILES string of the molecule is C=CC(=C)NC(C)(C)CC(C)(C)SSC(C)(C)CC(C)(C)NC(C)=O. The first-order valence-electron chi connectivity index (χ1n) is 8.74. The fraction of sp³-hybridized carbons (Fsp3) is 0.750. The summed E-state index contributed by atoms with van der Waals surface area (Å²) in [4.78, 5) is 11.4. The highest BCUT2D eigenvalue weighted by molar-refractivity contribution is 8.77. The van der Waals surface area contributed by atoms with Gasteiger partial charge in [-0.3, -0.25) is 4.79 Å². The maximum absolute atomic E-state index is 11.4. The number of allylic oxidation sites excluding steroid dienone is 1. The van der Waals surface area contributed by atoms with E-state index in [1.807, 2.05) is 21.6 Å². The molecule has 0 radical (unpaired) electrons. The molecule has 0 aliphatic rings. The Balaban J connectivity index is 4.77. The Morgan fingerprint density at radius 3 is 1.56 bits per heavy atom. The summed E-state index contributed by atoms with van der Waals surface area (Å²) in [7, 11) is 3.82. The van der Waals surface area contributed by atoms with Crippen LogP contribution >= 0.6 is 21.6 Å². The van der Waals surface area contributed by atoms with Gasteiger partial charge in [0.25, 0.3) is 0 Å². The first-order chi connectivity index (χ1) is 11.0. The largest absolute Gasteiger partial charge is 0.381 e. The van der Waals surface area contributed by atoms with Crippen LogP contribution in [0.25, 0.3) is 0 Å². The van der Waals surface area contributed by atoms with Gasteiger partial charge in [0.2, 0.25) is 5.91 Å². The molecule has 0 saturated carbocycles. The van der Waals surface area contributed by atoms with Crippen LogP contribution in [-0.4, -0.2) is 26.5 Å². The van der Waals surface area contributed by atoms with Gasteiger partial charge in [0.05, 0.1) is 0 Å². The van der Waals surface area contributed by atoms with Crippen molar-refractivity contribution in [1.82, 2.24) is 10.6 Å². The zero-order valence-electron chi connectivity index (χ0n) is 17.6. The van der Waals surface area contributed by atoms with Gasteiger partial charge in [-0.05, 0) is 74.3 Å². The highest BCUT2D eigenvalue weighted by Gasteiger charge is 2.35. The molecule has 0 aromatic rings. The van der Waals surface area contributed by atoms with Crippen molar-refractivity contribution in [3.8, 4) is 0 Å². The number of hydrogen-bond acceptors (Lipinski definition) is 4. The van der Waals surface area contributed by atoms with E-state index < -0.39 is 0 Å². The minimum Gasteiger partial charge on any atom is -0.381 e. The van der Waals surface area contributed by atoms with Crippen LogP contribution in [0.15, 0.2) is 24.9 Å². The van der Waals surface area contributed by atoms with E-state index in [0.717, 1.165) is 18.5 Å². The summed E-state index contributed by atoms with van der Waals surface area (Å²) in [5.41, 5.74) is 0.591. The van der Waals surface area contributed by atoms with Crippen LogP contribution in [0, 0.1) is 0 Å². The second-order valence-corrected chi connectivity index (χ2v) is 12.9. The van der Waals surface area contributed by atoms with E-state index in [9.17, 15) is 4.79 Å². The van der Waals surface area contributed by atoms with Gasteiger partial charge in [0, 0.05) is 33.2 Å². The normalized spacial score (nSPS) is 13.3. The molecule has 0 saturated heterocycles. The number of rotatable bonds is 11. The minimum absolute atomic E-state index is 0.0223. The Morgan fingerprint density at radius 1 is 0.880 bits per heavy atom. The third-order valence-corrected chi connectivity index (χ3v) is 7.72. The summed E-state index contributed by atoms with van der Waals surface area (Å²) >= 11 is 0. The molecule has 0 bridgehead atoms. The first-order valence-corrected chi connectivity index (χ1v) is 10.9. The molecule has 1 amide bonds. The lowest BCUT2D eigenvalue weighted by Crippen LogP contribution is -2.46. The topological polar surface area (TPSA) is 41.1 Å². The molecule has 0 atom stereocenters. The van der Waals surface area contributed by atoms with Gasteiger partial charge in [-0.15, -0.1) is 0 Å². The summed E-state index contributed by atoms with van der Waals surface area (Å²) in [6.07, 6.45) is 3.65. The summed E-state index contributed by atoms with van der Waals surface area (Å²) < 4.78 is 0.147. The molecule has 0 spiro atoms. The Hall–Kier alpha value is -0.550. The predicted octanol–water partition coefficient (Wildman–Crippen LogP) is 5.69. The second-order valence-electron chi connectivity index (χ2n) is 9.34. The standard InChI is InChI=1S/C20H38N2OS2/c1-12-15(2)21-17(4,5)13-19(8,9)24-25-20(10,11)14-18(6,7)22-16(3)23/h12,21H,1-2,13-14H2,3-11H3,(H,22,23). The van der Waals surface area contributed by atoms with Gasteiger partial charge < -0.3 is 10.6 Å². The van der Waals surface area contributed by atoms with Gasteiger partial charge in [-0.1, -0.05) is 34.7 Å². The minimum atomic E-state index is -0.213. The highest BCUT2D eigenvalue weighted by Crippen LogP contribution is 2.48. The highest BCUT2D eigenvalue weighted by atomic mass is 33.1. The van der Waals surface area contributed by atoms with E-state index >= 15 is 0 Å². The zero-order valence-corrected chi connectivity index (χ0v) is 19.3. The molecule has 0 rings (SSSR count). The lowest BCUT2D eigenvalue weighted by Gasteiger charge is -2.39. The lowest BCUT2D eigenvalue weighted by molar-refractivity contribution is -0.120. The maximum atomic E-state index is 11.4. The quantitative estimate of drug-likeness (QED) is 0.354. The number of hydrogen-bond donors (Lipinski definition) is 2. The van der Waals surface area contributed by atoms with Gasteiger partial charge in [-0.2, -0.15) is 0 Å². The van der Waals surface area contributed by atoms with E-state index in [1.165, 1.54) is 0 Å². The van der Waals surface area contributed by atoms with Crippen LogP contribution in [0.2, 0.25) is 0 Å². The molecule has 3 nitrogen and oxygen atoms in total. The molecule has 0 fully saturated rings. The van der Waals surface area contributed by atoms with E-state index in [-0.39, 0.29) is 26.5 Å². The fourth-order valence-electron chi connectivity index (χ4n) is 3.46. The first kappa shape index (κ1) is 24.5. The van der Waals surface area contributed by atoms with E-state index in [4.69, 9.17) is 0 Å². The predicted molar refractivity (Wildman–Crippen MR) is 117 cm³/mol. The van der Waals surface area contributed by atoms with Gasteiger partial charge >= 0.3 is 0 Å². The molecule has 0 unspecified atom stereocenters. The monoisotopic (exact) mass is 386 g/mol. The third kappa shape index (κ3) is 11.6. The van der Waals surface area contributed by atoms with Crippen LogP contribution in [-0.2, 0) is 4.79 Å². The Morgan fingerprint density at radius 2 is 1.24 bits per heavy atom. The summed E-state index contributed by atoms with van der Waals surface area (Å²) in [6.45, 7) is 26.9. The van der Waals surface area contributed by atoms with Gasteiger partial charge in [0.15, 0.2) is 0 Å². The van der Waals surface area contributed by atoms with Crippen molar-refractivity contribution in [2.75, 3.05) is 0 Å². The summed E-state index contributed by atoms with van der Waals surface area (Å²) in [5.74, 6) is 0.0223. The van der Waals surface area contributed by atoms with E-state index in [0.29, 0.717) is 0 Å². The van der Waals surface area contributed by atoms with Crippen molar-refractivity contribution < 1.29 is 4.79 Å². The van der Waals surface area contributed by atoms with Crippen molar-refractivity contribution in [1.29, 1.82) is 0 Å². The molecule has 5 heteroatoms. The molecule has 0 aliphatic carbocycles. The average Bonchev–Trinajstić information content (AvgIpc) is 2.31. The summed E-state index contributed by atoms with van der Waals surface area (Å²) in [6, 6.07) is 0. The smallest absolute Gasteiger partial charge is 0.217 e. The Kier molecular flexibility index (Phi) is 8.70. The lowest BCUT2D eigenvalue weighted by atomic mass is 9.92. The number of nitrogens with one attached hydrogen (secondary N) is 2. The van der Waals surface area contributed by atoms with Crippen molar-refractivity contribution in [3.63, 3.8) is 0 Å². The van der Waals surface area contributed by atoms with Crippen LogP contribution in [0.5, 0.6) is 0 Å². The Labute approximate surface area is 163 Å². The summed E-state index contributed by atoms with van der Waals surface area (Å²) in [5, 5.41) is 6.48. The maximum Gasteiger partial charge on any atom is 0.217 e. The van der Waals surface area contributed by atoms with Crippen molar-refractivity contribution in [3.05, 3.63) is 24.9 Å². The number of carbonyl (C=O) groups excluding carboxylic acids is 1. The molecule has 0 aromatic carbocycles. The Bertz CT molecular complexity index is 494. The van der Waals surface area contributed by atoms with Crippen LogP contribution in [0.1, 0.15) is 75.2 Å². The van der Waals surface area contributed by atoms with Crippen LogP contribution in [0.3, 0.4) is 0 Å². The molecular weight excluding hydrogens is 348 g/mol. The van der Waals surface area contributed by atoms with Gasteiger partial charge in [0.1, 0.15) is 0 Å².